The summed E-state index contributed by atoms with van der Waals surface area (Å²) < 4.78 is 0. The van der Waals surface area contributed by atoms with Crippen LogP contribution in [-0.4, -0.2) is 26.8 Å². The highest BCUT2D eigenvalue weighted by Crippen LogP contribution is 2.17. The summed E-state index contributed by atoms with van der Waals surface area (Å²) in [6, 6.07) is 15.5. The van der Waals surface area contributed by atoms with Crippen LogP contribution in [0.5, 0.6) is 0 Å². The average molecular weight is 387 g/mol. The third-order valence-electron chi connectivity index (χ3n) is 3.75. The molecule has 2 N–H and O–H groups in total. The van der Waals surface area contributed by atoms with Crippen LogP contribution in [0.2, 0.25) is 5.02 Å². The molecule has 0 saturated carbocycles. The Bertz CT molecular complexity index is 879. The average Bonchev–Trinajstić information content (AvgIpc) is 3.09. The zero-order chi connectivity index (χ0) is 18.4. The first kappa shape index (κ1) is 18.5. The molecule has 0 bridgehead atoms. The van der Waals surface area contributed by atoms with Crippen molar-refractivity contribution < 1.29 is 4.79 Å². The van der Waals surface area contributed by atoms with Crippen LogP contribution < -0.4 is 5.32 Å². The number of H-pyrrole nitrogens is 1. The number of hydrogen-bond acceptors (Lipinski definition) is 4. The van der Waals surface area contributed by atoms with Crippen molar-refractivity contribution in [3.05, 3.63) is 70.5 Å². The number of aromatic nitrogens is 3. The van der Waals surface area contributed by atoms with Gasteiger partial charge in [0, 0.05) is 17.1 Å². The molecule has 5 nitrogen and oxygen atoms in total. The Labute approximate surface area is 161 Å². The minimum Gasteiger partial charge on any atom is -0.325 e. The van der Waals surface area contributed by atoms with Gasteiger partial charge in [0.15, 0.2) is 0 Å². The molecule has 3 aromatic rings. The van der Waals surface area contributed by atoms with Gasteiger partial charge in [0.25, 0.3) is 0 Å². The number of anilines is 1. The lowest BCUT2D eigenvalue weighted by molar-refractivity contribution is -0.113. The number of carbonyl (C=O) groups excluding carboxylic acids is 1. The van der Waals surface area contributed by atoms with E-state index in [9.17, 15) is 4.79 Å². The van der Waals surface area contributed by atoms with Gasteiger partial charge in [-0.1, -0.05) is 54.6 Å². The highest BCUT2D eigenvalue weighted by Gasteiger charge is 2.09. The highest BCUT2D eigenvalue weighted by atomic mass is 35.5. The fourth-order valence-electron chi connectivity index (χ4n) is 2.41. The summed E-state index contributed by atoms with van der Waals surface area (Å²) in [6.45, 7) is 2.08. The summed E-state index contributed by atoms with van der Waals surface area (Å²) in [5, 5.41) is 11.2. The number of amides is 1. The van der Waals surface area contributed by atoms with Crippen LogP contribution in [0.3, 0.4) is 0 Å². The predicted molar refractivity (Wildman–Crippen MR) is 106 cm³/mol. The molecule has 3 rings (SSSR count). The number of rotatable bonds is 7. The summed E-state index contributed by atoms with van der Waals surface area (Å²) in [4.78, 5) is 16.5. The molecule has 1 aromatic heterocycles. The maximum atomic E-state index is 12.1. The van der Waals surface area contributed by atoms with Crippen molar-refractivity contribution in [1.29, 1.82) is 0 Å². The van der Waals surface area contributed by atoms with E-state index in [1.54, 1.807) is 0 Å². The number of carbonyl (C=O) groups is 1. The number of nitrogens with zero attached hydrogens (tertiary/aromatic N) is 2. The first-order chi connectivity index (χ1) is 12.6. The SMILES string of the molecule is CCc1cccc(NC(=O)CSc2n[nH]c(Cc3ccc(Cl)cc3)n2)c1. The molecule has 26 heavy (non-hydrogen) atoms. The van der Waals surface area contributed by atoms with Crippen molar-refractivity contribution in [1.82, 2.24) is 15.2 Å². The molecule has 7 heteroatoms. The van der Waals surface area contributed by atoms with Gasteiger partial charge in [-0.15, -0.1) is 5.10 Å². The van der Waals surface area contributed by atoms with Gasteiger partial charge in [0.1, 0.15) is 5.82 Å². The smallest absolute Gasteiger partial charge is 0.234 e. The van der Waals surface area contributed by atoms with Gasteiger partial charge in [-0.05, 0) is 41.8 Å². The molecule has 0 aliphatic rings. The topological polar surface area (TPSA) is 70.7 Å². The Morgan fingerprint density at radius 1 is 1.19 bits per heavy atom. The maximum Gasteiger partial charge on any atom is 0.234 e. The normalized spacial score (nSPS) is 10.7. The van der Waals surface area contributed by atoms with Gasteiger partial charge in [-0.25, -0.2) is 4.98 Å². The lowest BCUT2D eigenvalue weighted by atomic mass is 10.1. The van der Waals surface area contributed by atoms with Crippen LogP contribution in [0.4, 0.5) is 5.69 Å². The molecule has 0 radical (unpaired) electrons. The molecule has 0 saturated heterocycles. The summed E-state index contributed by atoms with van der Waals surface area (Å²) in [5.74, 6) is 0.937. The zero-order valence-electron chi connectivity index (χ0n) is 14.3. The van der Waals surface area contributed by atoms with Gasteiger partial charge in [0.05, 0.1) is 5.75 Å². The van der Waals surface area contributed by atoms with E-state index in [4.69, 9.17) is 11.6 Å². The predicted octanol–water partition coefficient (Wildman–Crippen LogP) is 4.34. The molecule has 0 spiro atoms. The second-order valence-electron chi connectivity index (χ2n) is 5.76. The largest absolute Gasteiger partial charge is 0.325 e. The number of thioether (sulfide) groups is 1. The van der Waals surface area contributed by atoms with Crippen LogP contribution in [0.15, 0.2) is 53.7 Å². The fourth-order valence-corrected chi connectivity index (χ4v) is 3.16. The molecule has 134 valence electrons. The zero-order valence-corrected chi connectivity index (χ0v) is 15.9. The molecular formula is C19H19ClN4OS. The number of benzene rings is 2. The second kappa shape index (κ2) is 8.87. The van der Waals surface area contributed by atoms with Crippen molar-refractivity contribution in [3.63, 3.8) is 0 Å². The summed E-state index contributed by atoms with van der Waals surface area (Å²) >= 11 is 7.19. The van der Waals surface area contributed by atoms with Gasteiger partial charge >= 0.3 is 0 Å². The fraction of sp³-hybridized carbons (Fsp3) is 0.211. The maximum absolute atomic E-state index is 12.1. The number of hydrogen-bond donors (Lipinski definition) is 2. The van der Waals surface area contributed by atoms with E-state index in [1.807, 2.05) is 48.5 Å². The summed E-state index contributed by atoms with van der Waals surface area (Å²) in [7, 11) is 0. The van der Waals surface area contributed by atoms with Crippen LogP contribution >= 0.6 is 23.4 Å². The Morgan fingerprint density at radius 2 is 2.00 bits per heavy atom. The third kappa shape index (κ3) is 5.34. The van der Waals surface area contributed by atoms with Crippen molar-refractivity contribution in [3.8, 4) is 0 Å². The van der Waals surface area contributed by atoms with E-state index < -0.39 is 0 Å². The highest BCUT2D eigenvalue weighted by molar-refractivity contribution is 7.99. The summed E-state index contributed by atoms with van der Waals surface area (Å²) in [5.41, 5.74) is 3.10. The standard InChI is InChI=1S/C19H19ClN4OS/c1-2-13-4-3-5-16(10-13)21-18(25)12-26-19-22-17(23-24-19)11-14-6-8-15(20)9-7-14/h3-10H,2,11-12H2,1H3,(H,21,25)(H,22,23,24). The van der Waals surface area contributed by atoms with E-state index in [0.717, 1.165) is 23.5 Å². The van der Waals surface area contributed by atoms with E-state index in [2.05, 4.69) is 27.4 Å². The lowest BCUT2D eigenvalue weighted by Crippen LogP contribution is -2.14. The number of aryl methyl sites for hydroxylation is 1. The number of halogens is 1. The molecule has 2 aromatic carbocycles. The summed E-state index contributed by atoms with van der Waals surface area (Å²) in [6.07, 6.45) is 1.58. The van der Waals surface area contributed by atoms with Crippen LogP contribution in [0, 0.1) is 0 Å². The van der Waals surface area contributed by atoms with E-state index in [0.29, 0.717) is 16.6 Å². The van der Waals surface area contributed by atoms with E-state index in [1.165, 1.54) is 17.3 Å². The number of aromatic amines is 1. The van der Waals surface area contributed by atoms with Crippen molar-refractivity contribution in [2.75, 3.05) is 11.1 Å². The Balaban J connectivity index is 1.51. The molecule has 0 aliphatic carbocycles. The van der Waals surface area contributed by atoms with Crippen LogP contribution in [0.1, 0.15) is 23.9 Å². The van der Waals surface area contributed by atoms with Gasteiger partial charge < -0.3 is 5.32 Å². The van der Waals surface area contributed by atoms with Gasteiger partial charge in [-0.3, -0.25) is 9.89 Å². The van der Waals surface area contributed by atoms with Crippen LogP contribution in [-0.2, 0) is 17.6 Å². The molecule has 1 heterocycles. The van der Waals surface area contributed by atoms with Crippen molar-refractivity contribution >= 4 is 35.0 Å². The number of nitrogens with one attached hydrogen (secondary N) is 2. The van der Waals surface area contributed by atoms with Crippen molar-refractivity contribution in [2.45, 2.75) is 24.9 Å². The Morgan fingerprint density at radius 3 is 2.77 bits per heavy atom. The molecule has 0 aliphatic heterocycles. The van der Waals surface area contributed by atoms with E-state index >= 15 is 0 Å². The lowest BCUT2D eigenvalue weighted by Gasteiger charge is -2.05. The van der Waals surface area contributed by atoms with Crippen LogP contribution in [0.25, 0.3) is 0 Å². The third-order valence-corrected chi connectivity index (χ3v) is 4.85. The first-order valence-electron chi connectivity index (χ1n) is 8.29. The Hall–Kier alpha value is -2.31. The molecule has 0 atom stereocenters. The van der Waals surface area contributed by atoms with E-state index in [-0.39, 0.29) is 11.7 Å². The molecule has 0 unspecified atom stereocenters. The van der Waals surface area contributed by atoms with Gasteiger partial charge in [0.2, 0.25) is 11.1 Å². The quantitative estimate of drug-likeness (QED) is 0.592. The second-order valence-corrected chi connectivity index (χ2v) is 7.14. The monoisotopic (exact) mass is 386 g/mol. The minimum absolute atomic E-state index is 0.0766. The molecular weight excluding hydrogens is 368 g/mol. The minimum atomic E-state index is -0.0766. The van der Waals surface area contributed by atoms with Gasteiger partial charge in [-0.2, -0.15) is 0 Å². The first-order valence-corrected chi connectivity index (χ1v) is 9.66. The Kier molecular flexibility index (Phi) is 6.30. The molecule has 1 amide bonds. The molecule has 0 fully saturated rings. The van der Waals surface area contributed by atoms with Crippen molar-refractivity contribution in [2.24, 2.45) is 0 Å².